The zero-order valence-electron chi connectivity index (χ0n) is 7.79. The molecule has 0 aliphatic heterocycles. The van der Waals surface area contributed by atoms with E-state index >= 15 is 0 Å². The molecule has 72 valence electrons. The quantitative estimate of drug-likeness (QED) is 0.766. The molecule has 1 aromatic carbocycles. The lowest BCUT2D eigenvalue weighted by Crippen LogP contribution is -2.23. The Kier molecular flexibility index (Phi) is 3.31. The lowest BCUT2D eigenvalue weighted by molar-refractivity contribution is 0.164. The van der Waals surface area contributed by atoms with Crippen LogP contribution in [0.25, 0.3) is 0 Å². The van der Waals surface area contributed by atoms with Gasteiger partial charge in [-0.2, -0.15) is 0 Å². The van der Waals surface area contributed by atoms with Gasteiger partial charge in [-0.1, -0.05) is 17.7 Å². The van der Waals surface area contributed by atoms with Gasteiger partial charge in [-0.25, -0.2) is 0 Å². The lowest BCUT2D eigenvalue weighted by Gasteiger charge is -2.17. The summed E-state index contributed by atoms with van der Waals surface area (Å²) in [6.45, 7) is 3.62. The summed E-state index contributed by atoms with van der Waals surface area (Å²) in [5.41, 5.74) is 7.76. The van der Waals surface area contributed by atoms with E-state index in [4.69, 9.17) is 17.3 Å². The van der Waals surface area contributed by atoms with Gasteiger partial charge in [-0.3, -0.25) is 0 Å². The van der Waals surface area contributed by atoms with Gasteiger partial charge in [0, 0.05) is 5.02 Å². The summed E-state index contributed by atoms with van der Waals surface area (Å²) in [5.74, 6) is 0. The van der Waals surface area contributed by atoms with E-state index in [0.29, 0.717) is 5.02 Å². The van der Waals surface area contributed by atoms with Gasteiger partial charge < -0.3 is 10.8 Å². The highest BCUT2D eigenvalue weighted by atomic mass is 35.5. The van der Waals surface area contributed by atoms with Crippen LogP contribution in [0.4, 0.5) is 0 Å². The first-order chi connectivity index (χ1) is 6.02. The van der Waals surface area contributed by atoms with Crippen LogP contribution >= 0.6 is 11.6 Å². The van der Waals surface area contributed by atoms with Crippen molar-refractivity contribution in [3.05, 3.63) is 34.3 Å². The molecule has 0 aliphatic rings. The maximum atomic E-state index is 9.32. The molecule has 0 saturated heterocycles. The van der Waals surface area contributed by atoms with E-state index in [1.165, 1.54) is 0 Å². The fourth-order valence-electron chi connectivity index (χ4n) is 1.23. The van der Waals surface area contributed by atoms with Crippen molar-refractivity contribution in [2.45, 2.75) is 26.0 Å². The first kappa shape index (κ1) is 10.5. The average Bonchev–Trinajstić information content (AvgIpc) is 2.08. The van der Waals surface area contributed by atoms with Crippen LogP contribution in [-0.4, -0.2) is 11.2 Å². The van der Waals surface area contributed by atoms with E-state index in [2.05, 4.69) is 0 Å². The van der Waals surface area contributed by atoms with Crippen LogP contribution in [0.3, 0.4) is 0 Å². The third-order valence-corrected chi connectivity index (χ3v) is 2.36. The Hall–Kier alpha value is -0.570. The highest BCUT2D eigenvalue weighted by Crippen LogP contribution is 2.22. The molecule has 13 heavy (non-hydrogen) atoms. The molecule has 0 heterocycles. The number of hydrogen-bond acceptors (Lipinski definition) is 2. The molecule has 0 radical (unpaired) electrons. The molecule has 3 N–H and O–H groups in total. The molecule has 0 fully saturated rings. The summed E-state index contributed by atoms with van der Waals surface area (Å²) >= 11 is 5.83. The molecular formula is C10H14ClNO. The lowest BCUT2D eigenvalue weighted by atomic mass is 9.99. The van der Waals surface area contributed by atoms with Gasteiger partial charge in [0.15, 0.2) is 0 Å². The number of halogens is 1. The second-order valence-electron chi connectivity index (χ2n) is 3.27. The number of benzene rings is 1. The predicted octanol–water partition coefficient (Wildman–Crippen LogP) is 2.03. The van der Waals surface area contributed by atoms with Crippen LogP contribution in [-0.2, 0) is 0 Å². The number of aliphatic hydroxyl groups is 1. The molecule has 0 spiro atoms. The van der Waals surface area contributed by atoms with Crippen molar-refractivity contribution in [1.82, 2.24) is 0 Å². The number of hydrogen-bond donors (Lipinski definition) is 2. The molecule has 0 aromatic heterocycles. The summed E-state index contributed by atoms with van der Waals surface area (Å²) in [7, 11) is 0. The molecule has 0 amide bonds. The Morgan fingerprint density at radius 3 is 2.62 bits per heavy atom. The summed E-state index contributed by atoms with van der Waals surface area (Å²) in [6, 6.07) is 5.15. The minimum Gasteiger partial charge on any atom is -0.391 e. The highest BCUT2D eigenvalue weighted by molar-refractivity contribution is 6.30. The van der Waals surface area contributed by atoms with Crippen molar-refractivity contribution in [2.75, 3.05) is 0 Å². The molecule has 0 saturated carbocycles. The molecule has 2 atom stereocenters. The van der Waals surface area contributed by atoms with E-state index in [-0.39, 0.29) is 6.04 Å². The second-order valence-corrected chi connectivity index (χ2v) is 3.70. The molecular weight excluding hydrogens is 186 g/mol. The largest absolute Gasteiger partial charge is 0.391 e. The summed E-state index contributed by atoms with van der Waals surface area (Å²) in [6.07, 6.45) is -0.558. The Bertz CT molecular complexity index is 299. The fourth-order valence-corrected chi connectivity index (χ4v) is 1.41. The first-order valence-corrected chi connectivity index (χ1v) is 4.60. The van der Waals surface area contributed by atoms with Gasteiger partial charge in [0.25, 0.3) is 0 Å². The Morgan fingerprint density at radius 1 is 1.46 bits per heavy atom. The van der Waals surface area contributed by atoms with Crippen molar-refractivity contribution in [3.8, 4) is 0 Å². The Morgan fingerprint density at radius 2 is 2.08 bits per heavy atom. The van der Waals surface area contributed by atoms with Crippen LogP contribution < -0.4 is 5.73 Å². The Balaban J connectivity index is 3.05. The van der Waals surface area contributed by atoms with Gasteiger partial charge >= 0.3 is 0 Å². The summed E-state index contributed by atoms with van der Waals surface area (Å²) < 4.78 is 0. The van der Waals surface area contributed by atoms with Crippen molar-refractivity contribution in [2.24, 2.45) is 5.73 Å². The van der Waals surface area contributed by atoms with E-state index < -0.39 is 6.10 Å². The van der Waals surface area contributed by atoms with Crippen molar-refractivity contribution < 1.29 is 5.11 Å². The average molecular weight is 200 g/mol. The van der Waals surface area contributed by atoms with E-state index in [1.807, 2.05) is 19.1 Å². The van der Waals surface area contributed by atoms with Crippen LogP contribution in [0.5, 0.6) is 0 Å². The minimum atomic E-state index is -0.558. The van der Waals surface area contributed by atoms with Gasteiger partial charge in [0.1, 0.15) is 0 Å². The molecule has 3 heteroatoms. The SMILES string of the molecule is Cc1ccc(Cl)cc1[C@@H](N)[C@@H](C)O. The maximum absolute atomic E-state index is 9.32. The van der Waals surface area contributed by atoms with Gasteiger partial charge in [0.2, 0.25) is 0 Å². The zero-order chi connectivity index (χ0) is 10.0. The molecule has 1 rings (SSSR count). The van der Waals surface area contributed by atoms with Crippen LogP contribution in [0.15, 0.2) is 18.2 Å². The number of aliphatic hydroxyl groups excluding tert-OH is 1. The van der Waals surface area contributed by atoms with Crippen molar-refractivity contribution in [1.29, 1.82) is 0 Å². The van der Waals surface area contributed by atoms with Crippen LogP contribution in [0, 0.1) is 6.92 Å². The third-order valence-electron chi connectivity index (χ3n) is 2.12. The van der Waals surface area contributed by atoms with Gasteiger partial charge in [-0.05, 0) is 37.1 Å². The molecule has 0 aliphatic carbocycles. The monoisotopic (exact) mass is 199 g/mol. The van der Waals surface area contributed by atoms with Crippen LogP contribution in [0.2, 0.25) is 5.02 Å². The minimum absolute atomic E-state index is 0.362. The molecule has 1 aromatic rings. The molecule has 0 bridgehead atoms. The number of aryl methyl sites for hydroxylation is 1. The fraction of sp³-hybridized carbons (Fsp3) is 0.400. The highest BCUT2D eigenvalue weighted by Gasteiger charge is 2.14. The summed E-state index contributed by atoms with van der Waals surface area (Å²) in [5, 5.41) is 9.97. The maximum Gasteiger partial charge on any atom is 0.0704 e. The third kappa shape index (κ3) is 2.44. The standard InChI is InChI=1S/C10H14ClNO/c1-6-3-4-8(11)5-9(6)10(12)7(2)13/h3-5,7,10,13H,12H2,1-2H3/t7-,10+/m1/s1. The van der Waals surface area contributed by atoms with E-state index in [1.54, 1.807) is 13.0 Å². The van der Waals surface area contributed by atoms with Crippen molar-refractivity contribution >= 4 is 11.6 Å². The van der Waals surface area contributed by atoms with Gasteiger partial charge in [-0.15, -0.1) is 0 Å². The first-order valence-electron chi connectivity index (χ1n) is 4.22. The zero-order valence-corrected chi connectivity index (χ0v) is 8.55. The van der Waals surface area contributed by atoms with Crippen LogP contribution in [0.1, 0.15) is 24.1 Å². The summed E-state index contributed by atoms with van der Waals surface area (Å²) in [4.78, 5) is 0. The second kappa shape index (κ2) is 4.09. The van der Waals surface area contributed by atoms with E-state index in [9.17, 15) is 5.11 Å². The smallest absolute Gasteiger partial charge is 0.0704 e. The number of nitrogens with two attached hydrogens (primary N) is 1. The van der Waals surface area contributed by atoms with Gasteiger partial charge in [0.05, 0.1) is 12.1 Å². The molecule has 2 nitrogen and oxygen atoms in total. The van der Waals surface area contributed by atoms with E-state index in [0.717, 1.165) is 11.1 Å². The normalized spacial score (nSPS) is 15.5. The molecule has 0 unspecified atom stereocenters. The Labute approximate surface area is 83.3 Å². The van der Waals surface area contributed by atoms with Crippen molar-refractivity contribution in [3.63, 3.8) is 0 Å². The topological polar surface area (TPSA) is 46.2 Å². The predicted molar refractivity (Wildman–Crippen MR) is 54.8 cm³/mol. The number of rotatable bonds is 2.